The molecule has 1 saturated heterocycles. The predicted octanol–water partition coefficient (Wildman–Crippen LogP) is -0.598. The molecule has 60 valence electrons. The summed E-state index contributed by atoms with van der Waals surface area (Å²) in [6, 6.07) is 1.77. The second-order valence-electron chi connectivity index (χ2n) is 2.13. The normalized spacial score (nSPS) is 27.5. The van der Waals surface area contributed by atoms with Crippen LogP contribution in [0, 0.1) is 21.4 Å². The number of nitrogens with zero attached hydrogens (tertiary/aromatic N) is 3. The molecular formula is C5H7N3O3. The zero-order valence-corrected chi connectivity index (χ0v) is 5.77. The van der Waals surface area contributed by atoms with E-state index in [1.165, 1.54) is 5.06 Å². The fourth-order valence-corrected chi connectivity index (χ4v) is 0.604. The summed E-state index contributed by atoms with van der Waals surface area (Å²) >= 11 is 0. The van der Waals surface area contributed by atoms with Gasteiger partial charge in [0.15, 0.2) is 0 Å². The molecule has 0 aliphatic carbocycles. The Morgan fingerprint density at radius 3 is 3.09 bits per heavy atom. The van der Waals surface area contributed by atoms with Crippen LogP contribution in [0.5, 0.6) is 0 Å². The van der Waals surface area contributed by atoms with Crippen LogP contribution >= 0.6 is 0 Å². The highest BCUT2D eigenvalue weighted by Gasteiger charge is 2.35. The fraction of sp³-hybridized carbons (Fsp3) is 0.800. The molecule has 1 fully saturated rings. The van der Waals surface area contributed by atoms with Crippen molar-refractivity contribution in [2.45, 2.75) is 6.04 Å². The van der Waals surface area contributed by atoms with Gasteiger partial charge >= 0.3 is 0 Å². The molecule has 0 N–H and O–H groups in total. The monoisotopic (exact) mass is 157 g/mol. The Kier molecular flexibility index (Phi) is 2.36. The summed E-state index contributed by atoms with van der Waals surface area (Å²) in [5, 5.41) is 19.5. The molecule has 0 spiro atoms. The second-order valence-corrected chi connectivity index (χ2v) is 2.13. The predicted molar refractivity (Wildman–Crippen MR) is 33.9 cm³/mol. The highest BCUT2D eigenvalue weighted by atomic mass is 16.7. The van der Waals surface area contributed by atoms with Crippen molar-refractivity contribution in [3.05, 3.63) is 10.1 Å². The third-order valence-electron chi connectivity index (χ3n) is 1.25. The van der Waals surface area contributed by atoms with E-state index in [-0.39, 0.29) is 19.2 Å². The van der Waals surface area contributed by atoms with Gasteiger partial charge in [0.1, 0.15) is 12.6 Å². The molecule has 1 heterocycles. The number of nitriles is 1. The lowest BCUT2D eigenvalue weighted by molar-refractivity contribution is -0.486. The van der Waals surface area contributed by atoms with Crippen molar-refractivity contribution >= 4 is 0 Å². The average molecular weight is 157 g/mol. The largest absolute Gasteiger partial charge is 0.291 e. The molecule has 0 aromatic rings. The van der Waals surface area contributed by atoms with Crippen LogP contribution in [0.25, 0.3) is 0 Å². The van der Waals surface area contributed by atoms with Gasteiger partial charge in [-0.05, 0) is 0 Å². The van der Waals surface area contributed by atoms with E-state index < -0.39 is 4.92 Å². The van der Waals surface area contributed by atoms with Gasteiger partial charge in [0.25, 0.3) is 0 Å². The lowest BCUT2D eigenvalue weighted by atomic mass is 10.6. The topological polar surface area (TPSA) is 79.2 Å². The number of nitro groups is 1. The third kappa shape index (κ3) is 2.49. The fourth-order valence-electron chi connectivity index (χ4n) is 0.604. The van der Waals surface area contributed by atoms with E-state index in [0.717, 1.165) is 0 Å². The summed E-state index contributed by atoms with van der Waals surface area (Å²) in [4.78, 5) is 14.2. The summed E-state index contributed by atoms with van der Waals surface area (Å²) in [5.74, 6) is 0. The summed E-state index contributed by atoms with van der Waals surface area (Å²) in [5.41, 5.74) is 0. The van der Waals surface area contributed by atoms with Crippen LogP contribution in [0.2, 0.25) is 0 Å². The molecule has 1 aliphatic heterocycles. The maximum atomic E-state index is 9.79. The second kappa shape index (κ2) is 3.27. The number of hydrogen-bond donors (Lipinski definition) is 0. The van der Waals surface area contributed by atoms with Crippen molar-refractivity contribution < 1.29 is 9.76 Å². The third-order valence-corrected chi connectivity index (χ3v) is 1.25. The highest BCUT2D eigenvalue weighted by Crippen LogP contribution is 2.15. The SMILES string of the molecule is N#CC1CN1OCC[N+](=O)[O-]. The molecule has 0 bridgehead atoms. The van der Waals surface area contributed by atoms with Gasteiger partial charge in [-0.3, -0.25) is 15.0 Å². The van der Waals surface area contributed by atoms with E-state index in [2.05, 4.69) is 0 Å². The minimum Gasteiger partial charge on any atom is -0.291 e. The molecule has 0 radical (unpaired) electrons. The van der Waals surface area contributed by atoms with Crippen LogP contribution in [0.15, 0.2) is 0 Å². The molecule has 6 nitrogen and oxygen atoms in total. The summed E-state index contributed by atoms with van der Waals surface area (Å²) in [6.07, 6.45) is 0. The molecule has 2 unspecified atom stereocenters. The lowest BCUT2D eigenvalue weighted by Gasteiger charge is -1.97. The number of hydroxylamine groups is 2. The van der Waals surface area contributed by atoms with Crippen LogP contribution in [0.3, 0.4) is 0 Å². The molecule has 0 amide bonds. The first kappa shape index (κ1) is 7.91. The van der Waals surface area contributed by atoms with Gasteiger partial charge in [-0.25, -0.2) is 0 Å². The Hall–Kier alpha value is -1.19. The van der Waals surface area contributed by atoms with Crippen LogP contribution in [-0.2, 0) is 4.84 Å². The van der Waals surface area contributed by atoms with E-state index in [4.69, 9.17) is 10.1 Å². The summed E-state index contributed by atoms with van der Waals surface area (Å²) in [7, 11) is 0. The minimum absolute atomic E-state index is 0.0468. The molecule has 11 heavy (non-hydrogen) atoms. The molecular weight excluding hydrogens is 150 g/mol. The van der Waals surface area contributed by atoms with Crippen molar-refractivity contribution in [3.63, 3.8) is 0 Å². The Morgan fingerprint density at radius 1 is 1.91 bits per heavy atom. The Morgan fingerprint density at radius 2 is 2.64 bits per heavy atom. The lowest BCUT2D eigenvalue weighted by Crippen LogP contribution is -2.12. The number of hydrogen-bond acceptors (Lipinski definition) is 5. The van der Waals surface area contributed by atoms with Gasteiger partial charge in [-0.1, -0.05) is 0 Å². The van der Waals surface area contributed by atoms with Gasteiger partial charge in [-0.15, -0.1) is 0 Å². The van der Waals surface area contributed by atoms with Crippen LogP contribution in [-0.4, -0.2) is 35.7 Å². The van der Waals surface area contributed by atoms with Crippen LogP contribution < -0.4 is 0 Å². The van der Waals surface area contributed by atoms with Crippen molar-refractivity contribution in [1.82, 2.24) is 5.06 Å². The molecule has 1 rings (SSSR count). The van der Waals surface area contributed by atoms with E-state index in [0.29, 0.717) is 6.54 Å². The zero-order chi connectivity index (χ0) is 8.27. The maximum absolute atomic E-state index is 9.79. The van der Waals surface area contributed by atoms with Gasteiger partial charge in [0, 0.05) is 4.92 Å². The van der Waals surface area contributed by atoms with E-state index >= 15 is 0 Å². The van der Waals surface area contributed by atoms with Crippen LogP contribution in [0.1, 0.15) is 0 Å². The maximum Gasteiger partial charge on any atom is 0.228 e. The summed E-state index contributed by atoms with van der Waals surface area (Å²) < 4.78 is 0. The van der Waals surface area contributed by atoms with Crippen molar-refractivity contribution in [2.75, 3.05) is 19.7 Å². The van der Waals surface area contributed by atoms with E-state index in [9.17, 15) is 10.1 Å². The van der Waals surface area contributed by atoms with Gasteiger partial charge in [-0.2, -0.15) is 10.3 Å². The van der Waals surface area contributed by atoms with Crippen molar-refractivity contribution in [3.8, 4) is 6.07 Å². The molecule has 0 aromatic heterocycles. The number of rotatable bonds is 4. The average Bonchev–Trinajstić information content (AvgIpc) is 2.66. The first-order valence-corrected chi connectivity index (χ1v) is 3.15. The minimum atomic E-state index is -0.453. The molecule has 6 heteroatoms. The summed E-state index contributed by atoms with van der Waals surface area (Å²) in [6.45, 7) is 0.397. The zero-order valence-electron chi connectivity index (χ0n) is 5.77. The van der Waals surface area contributed by atoms with Crippen LogP contribution in [0.4, 0.5) is 0 Å². The standard InChI is InChI=1S/C5H7N3O3/c6-3-5-4-7(5)11-2-1-8(9)10/h5H,1-2,4H2. The smallest absolute Gasteiger partial charge is 0.228 e. The molecule has 0 saturated carbocycles. The Bertz CT molecular complexity index is 200. The molecule has 0 aromatic carbocycles. The van der Waals surface area contributed by atoms with Crippen molar-refractivity contribution in [1.29, 1.82) is 5.26 Å². The van der Waals surface area contributed by atoms with Gasteiger partial charge in [0.2, 0.25) is 6.54 Å². The molecule has 1 aliphatic rings. The van der Waals surface area contributed by atoms with E-state index in [1.54, 1.807) is 0 Å². The first-order chi connectivity index (χ1) is 5.24. The Labute approximate surface area is 63.1 Å². The van der Waals surface area contributed by atoms with Crippen molar-refractivity contribution in [2.24, 2.45) is 0 Å². The Balaban J connectivity index is 1.99. The van der Waals surface area contributed by atoms with Gasteiger partial charge in [0.05, 0.1) is 12.6 Å². The van der Waals surface area contributed by atoms with Gasteiger partial charge < -0.3 is 0 Å². The highest BCUT2D eigenvalue weighted by molar-refractivity contribution is 5.01. The van der Waals surface area contributed by atoms with E-state index in [1.807, 2.05) is 6.07 Å². The quantitative estimate of drug-likeness (QED) is 0.309. The molecule has 2 atom stereocenters. The first-order valence-electron chi connectivity index (χ1n) is 3.15.